The van der Waals surface area contributed by atoms with Gasteiger partial charge in [0, 0.05) is 18.3 Å². The van der Waals surface area contributed by atoms with Crippen LogP contribution in [0.1, 0.15) is 29.5 Å². The number of carbonyl (C=O) groups excluding carboxylic acids is 2. The molecule has 2 amide bonds. The number of hydrogen-bond acceptors (Lipinski definition) is 4. The van der Waals surface area contributed by atoms with Gasteiger partial charge in [-0.05, 0) is 68.2 Å². The van der Waals surface area contributed by atoms with Crippen molar-refractivity contribution in [2.75, 3.05) is 30.0 Å². The average Bonchev–Trinajstić information content (AvgIpc) is 2.86. The number of hydrogen-bond donors (Lipinski definition) is 1. The van der Waals surface area contributed by atoms with E-state index in [0.29, 0.717) is 30.3 Å². The van der Waals surface area contributed by atoms with Crippen molar-refractivity contribution >= 4 is 29.3 Å². The van der Waals surface area contributed by atoms with Crippen molar-refractivity contribution in [2.24, 2.45) is 0 Å². The monoisotopic (exact) mass is 470 g/mol. The van der Waals surface area contributed by atoms with Crippen molar-refractivity contribution < 1.29 is 19.1 Å². The molecule has 1 N–H and O–H groups in total. The Balaban J connectivity index is 1.34. The summed E-state index contributed by atoms with van der Waals surface area (Å²) in [5.41, 5.74) is 4.50. The second kappa shape index (κ2) is 11.4. The van der Waals surface area contributed by atoms with Gasteiger partial charge in [0.15, 0.2) is 6.61 Å². The van der Waals surface area contributed by atoms with E-state index in [4.69, 9.17) is 9.47 Å². The lowest BCUT2D eigenvalue weighted by atomic mass is 10.1. The molecule has 0 atom stereocenters. The van der Waals surface area contributed by atoms with Crippen LogP contribution in [0, 0.1) is 13.8 Å². The van der Waals surface area contributed by atoms with Crippen LogP contribution < -0.4 is 19.7 Å². The number of unbranched alkanes of at least 4 members (excludes halogenated alkanes) is 1. The minimum absolute atomic E-state index is 0.0116. The third-order valence-electron chi connectivity index (χ3n) is 5.80. The number of ether oxygens (including phenoxy) is 2. The summed E-state index contributed by atoms with van der Waals surface area (Å²) >= 11 is 0. The zero-order valence-electron chi connectivity index (χ0n) is 20.1. The molecule has 6 heteroatoms. The second-order valence-electron chi connectivity index (χ2n) is 8.57. The van der Waals surface area contributed by atoms with Gasteiger partial charge in [-0.25, -0.2) is 0 Å². The molecule has 35 heavy (non-hydrogen) atoms. The summed E-state index contributed by atoms with van der Waals surface area (Å²) in [4.78, 5) is 26.7. The molecule has 0 saturated heterocycles. The number of aryl methyl sites for hydroxylation is 2. The maximum Gasteiger partial charge on any atom is 0.265 e. The van der Waals surface area contributed by atoms with E-state index in [1.165, 1.54) is 11.6 Å². The van der Waals surface area contributed by atoms with Gasteiger partial charge in [-0.1, -0.05) is 48.0 Å². The molecule has 1 heterocycles. The summed E-state index contributed by atoms with van der Waals surface area (Å²) in [6, 6.07) is 21.2. The van der Waals surface area contributed by atoms with E-state index in [2.05, 4.69) is 5.32 Å². The number of nitrogens with one attached hydrogen (secondary N) is 1. The number of anilines is 2. The number of benzene rings is 3. The minimum Gasteiger partial charge on any atom is -0.493 e. The zero-order chi connectivity index (χ0) is 24.6. The Morgan fingerprint density at radius 1 is 1.06 bits per heavy atom. The van der Waals surface area contributed by atoms with Crippen LogP contribution in [0.5, 0.6) is 11.5 Å². The van der Waals surface area contributed by atoms with E-state index in [-0.39, 0.29) is 18.4 Å². The maximum atomic E-state index is 12.6. The first kappa shape index (κ1) is 24.1. The molecule has 4 rings (SSSR count). The topological polar surface area (TPSA) is 67.9 Å². The first-order valence-corrected chi connectivity index (χ1v) is 11.8. The molecule has 0 spiro atoms. The van der Waals surface area contributed by atoms with Gasteiger partial charge >= 0.3 is 0 Å². The highest BCUT2D eigenvalue weighted by molar-refractivity contribution is 6.03. The van der Waals surface area contributed by atoms with E-state index < -0.39 is 0 Å². The number of nitrogens with zero attached hydrogens (tertiary/aromatic N) is 1. The van der Waals surface area contributed by atoms with Gasteiger partial charge in [0.2, 0.25) is 5.91 Å². The Morgan fingerprint density at radius 3 is 2.66 bits per heavy atom. The Hall–Kier alpha value is -4.06. The standard InChI is InChI=1S/C29H30N2O4/c1-21-9-11-23(12-10-21)13-16-28(32)30-24-14-15-27-25(19-24)31(29(33)20-35-27)17-5-6-18-34-26-8-4-3-7-22(26)2/h3-4,7-16,19H,5-6,17-18,20H2,1-2H3,(H,30,32)/b16-13+. The van der Waals surface area contributed by atoms with Crippen LogP contribution in [-0.4, -0.2) is 31.6 Å². The van der Waals surface area contributed by atoms with Crippen LogP contribution >= 0.6 is 0 Å². The lowest BCUT2D eigenvalue weighted by Crippen LogP contribution is -2.39. The number of para-hydroxylation sites is 1. The van der Waals surface area contributed by atoms with Crippen LogP contribution in [0.3, 0.4) is 0 Å². The molecule has 0 unspecified atom stereocenters. The van der Waals surface area contributed by atoms with Gasteiger partial charge in [0.25, 0.3) is 5.91 Å². The summed E-state index contributed by atoms with van der Waals surface area (Å²) in [5, 5.41) is 2.87. The van der Waals surface area contributed by atoms with Gasteiger partial charge in [0.1, 0.15) is 11.5 Å². The molecule has 3 aromatic rings. The largest absolute Gasteiger partial charge is 0.493 e. The smallest absolute Gasteiger partial charge is 0.265 e. The summed E-state index contributed by atoms with van der Waals surface area (Å²) in [5.74, 6) is 1.18. The van der Waals surface area contributed by atoms with Gasteiger partial charge in [0.05, 0.1) is 12.3 Å². The van der Waals surface area contributed by atoms with E-state index in [9.17, 15) is 9.59 Å². The highest BCUT2D eigenvalue weighted by Crippen LogP contribution is 2.34. The maximum absolute atomic E-state index is 12.6. The molecule has 1 aliphatic rings. The Morgan fingerprint density at radius 2 is 1.86 bits per heavy atom. The Kier molecular flexibility index (Phi) is 7.83. The van der Waals surface area contributed by atoms with Gasteiger partial charge in [-0.2, -0.15) is 0 Å². The highest BCUT2D eigenvalue weighted by atomic mass is 16.5. The van der Waals surface area contributed by atoms with Crippen molar-refractivity contribution in [3.8, 4) is 11.5 Å². The number of fused-ring (bicyclic) bond motifs is 1. The molecule has 0 fully saturated rings. The lowest BCUT2D eigenvalue weighted by molar-refractivity contribution is -0.121. The zero-order valence-corrected chi connectivity index (χ0v) is 20.1. The van der Waals surface area contributed by atoms with Crippen LogP contribution in [0.4, 0.5) is 11.4 Å². The quantitative estimate of drug-likeness (QED) is 0.329. The fraction of sp³-hybridized carbons (Fsp3) is 0.241. The SMILES string of the molecule is Cc1ccc(/C=C/C(=O)Nc2ccc3c(c2)N(CCCCOc2ccccc2C)C(=O)CO3)cc1. The Labute approximate surface area is 206 Å². The summed E-state index contributed by atoms with van der Waals surface area (Å²) in [7, 11) is 0. The van der Waals surface area contributed by atoms with Crippen LogP contribution in [0.25, 0.3) is 6.08 Å². The predicted octanol–water partition coefficient (Wildman–Crippen LogP) is 5.54. The average molecular weight is 471 g/mol. The number of amides is 2. The van der Waals surface area contributed by atoms with Crippen molar-refractivity contribution in [3.05, 3.63) is 89.5 Å². The van der Waals surface area contributed by atoms with Crippen molar-refractivity contribution in [3.63, 3.8) is 0 Å². The minimum atomic E-state index is -0.242. The fourth-order valence-electron chi connectivity index (χ4n) is 3.83. The van der Waals surface area contributed by atoms with Crippen molar-refractivity contribution in [1.82, 2.24) is 0 Å². The highest BCUT2D eigenvalue weighted by Gasteiger charge is 2.25. The molecule has 3 aromatic carbocycles. The third kappa shape index (κ3) is 6.51. The Bertz CT molecular complexity index is 1220. The summed E-state index contributed by atoms with van der Waals surface area (Å²) in [6.07, 6.45) is 4.87. The first-order chi connectivity index (χ1) is 17.0. The molecule has 0 bridgehead atoms. The van der Waals surface area contributed by atoms with E-state index in [0.717, 1.165) is 29.7 Å². The van der Waals surface area contributed by atoms with E-state index in [1.807, 2.05) is 62.4 Å². The number of carbonyl (C=O) groups is 2. The van der Waals surface area contributed by atoms with Gasteiger partial charge < -0.3 is 19.7 Å². The molecule has 0 aliphatic carbocycles. The summed E-state index contributed by atoms with van der Waals surface area (Å²) in [6.45, 7) is 5.19. The lowest BCUT2D eigenvalue weighted by Gasteiger charge is -2.30. The van der Waals surface area contributed by atoms with Crippen LogP contribution in [0.15, 0.2) is 72.8 Å². The molecular weight excluding hydrogens is 440 g/mol. The molecule has 0 radical (unpaired) electrons. The molecule has 180 valence electrons. The first-order valence-electron chi connectivity index (χ1n) is 11.8. The summed E-state index contributed by atoms with van der Waals surface area (Å²) < 4.78 is 11.5. The van der Waals surface area contributed by atoms with Crippen LogP contribution in [0.2, 0.25) is 0 Å². The molecule has 6 nitrogen and oxygen atoms in total. The molecule has 0 saturated carbocycles. The fourth-order valence-corrected chi connectivity index (χ4v) is 3.83. The van der Waals surface area contributed by atoms with Crippen molar-refractivity contribution in [1.29, 1.82) is 0 Å². The van der Waals surface area contributed by atoms with E-state index in [1.54, 1.807) is 29.2 Å². The van der Waals surface area contributed by atoms with Gasteiger partial charge in [-0.3, -0.25) is 9.59 Å². The third-order valence-corrected chi connectivity index (χ3v) is 5.80. The molecule has 1 aliphatic heterocycles. The van der Waals surface area contributed by atoms with Crippen LogP contribution in [-0.2, 0) is 9.59 Å². The van der Waals surface area contributed by atoms with Crippen molar-refractivity contribution in [2.45, 2.75) is 26.7 Å². The van der Waals surface area contributed by atoms with Gasteiger partial charge in [-0.15, -0.1) is 0 Å². The van der Waals surface area contributed by atoms with E-state index >= 15 is 0 Å². The predicted molar refractivity (Wildman–Crippen MR) is 139 cm³/mol. The second-order valence-corrected chi connectivity index (χ2v) is 8.57. The molecular formula is C29H30N2O4. The molecule has 0 aromatic heterocycles. The number of rotatable bonds is 9. The normalized spacial score (nSPS) is 12.9.